The second kappa shape index (κ2) is 14.2. The minimum Gasteiger partial charge on any atom is -0.505 e. The highest BCUT2D eigenvalue weighted by Crippen LogP contribution is 2.62. The van der Waals surface area contributed by atoms with Crippen molar-refractivity contribution in [3.63, 3.8) is 0 Å². The molecule has 0 heterocycles. The van der Waals surface area contributed by atoms with E-state index in [2.05, 4.69) is 18.3 Å². The molecule has 0 aliphatic heterocycles. The van der Waals surface area contributed by atoms with Crippen molar-refractivity contribution in [3.8, 4) is 17.2 Å². The highest BCUT2D eigenvalue weighted by molar-refractivity contribution is 7.49. The molecule has 258 valence electrons. The van der Waals surface area contributed by atoms with Crippen LogP contribution in [0.15, 0.2) is 30.3 Å². The van der Waals surface area contributed by atoms with Gasteiger partial charge in [0.25, 0.3) is 5.91 Å². The average molecular weight is 673 g/mol. The minimum atomic E-state index is -3.77. The number of phosphoric ester groups is 1. The Bertz CT molecular complexity index is 1510. The van der Waals surface area contributed by atoms with E-state index < -0.39 is 19.5 Å². The third-order valence-corrected chi connectivity index (χ3v) is 11.8. The van der Waals surface area contributed by atoms with Crippen LogP contribution in [0.2, 0.25) is 0 Å². The van der Waals surface area contributed by atoms with E-state index in [1.807, 2.05) is 12.1 Å². The summed E-state index contributed by atoms with van der Waals surface area (Å²) in [6.07, 6.45) is 5.66. The van der Waals surface area contributed by atoms with E-state index in [0.717, 1.165) is 38.5 Å². The molecule has 0 bridgehead atoms. The number of nitrogens with two attached hydrogens (primary N) is 1. The Labute approximate surface area is 277 Å². The van der Waals surface area contributed by atoms with Crippen LogP contribution in [0.4, 0.5) is 5.69 Å². The van der Waals surface area contributed by atoms with Crippen LogP contribution in [-0.4, -0.2) is 48.9 Å². The fourth-order valence-corrected chi connectivity index (χ4v) is 9.68. The Kier molecular flexibility index (Phi) is 10.6. The molecule has 3 aliphatic carbocycles. The molecule has 3 aliphatic rings. The predicted octanol–water partition coefficient (Wildman–Crippen LogP) is 7.11. The molecule has 11 nitrogen and oxygen atoms in total. The fourth-order valence-electron chi connectivity index (χ4n) is 8.14. The predicted molar refractivity (Wildman–Crippen MR) is 178 cm³/mol. The molecule has 2 saturated carbocycles. The largest absolute Gasteiger partial charge is 0.530 e. The van der Waals surface area contributed by atoms with Crippen molar-refractivity contribution >= 4 is 25.3 Å². The number of benzene rings is 2. The topological polar surface area (TPSA) is 156 Å². The number of phosphoric acid groups is 1. The van der Waals surface area contributed by atoms with Crippen molar-refractivity contribution in [1.29, 1.82) is 0 Å². The zero-order chi connectivity index (χ0) is 34.1. The van der Waals surface area contributed by atoms with Gasteiger partial charge in [0, 0.05) is 0 Å². The summed E-state index contributed by atoms with van der Waals surface area (Å²) in [6, 6.07) is 8.97. The maximum Gasteiger partial charge on any atom is 0.530 e. The van der Waals surface area contributed by atoms with Crippen LogP contribution >= 0.6 is 7.82 Å². The number of ether oxygens (including phenoxy) is 2. The van der Waals surface area contributed by atoms with Gasteiger partial charge in [-0.3, -0.25) is 18.6 Å². The minimum absolute atomic E-state index is 0.0256. The van der Waals surface area contributed by atoms with Crippen LogP contribution in [0.5, 0.6) is 17.2 Å². The Morgan fingerprint density at radius 2 is 1.79 bits per heavy atom. The summed E-state index contributed by atoms with van der Waals surface area (Å²) in [5, 5.41) is 13.2. The number of methoxy groups -OCH3 is 1. The summed E-state index contributed by atoms with van der Waals surface area (Å²) in [5.74, 6) is 0.532. The van der Waals surface area contributed by atoms with Crippen LogP contribution in [0, 0.1) is 17.3 Å². The summed E-state index contributed by atoms with van der Waals surface area (Å²) in [5.41, 5.74) is 7.91. The van der Waals surface area contributed by atoms with Gasteiger partial charge in [-0.2, -0.15) is 0 Å². The molecule has 0 radical (unpaired) electrons. The zero-order valence-electron chi connectivity index (χ0n) is 28.2. The zero-order valence-corrected chi connectivity index (χ0v) is 29.1. The lowest BCUT2D eigenvalue weighted by Crippen LogP contribution is -2.44. The normalized spacial score (nSPS) is 25.2. The Morgan fingerprint density at radius 3 is 2.45 bits per heavy atom. The van der Waals surface area contributed by atoms with Crippen molar-refractivity contribution in [2.24, 2.45) is 23.0 Å². The standard InChI is InChI=1S/C35H49N2O9P/c1-20(2)44-47(41,45-21(3)4)46-23-8-10-24-22(19-23)7-9-26-25(24)15-17-35(5)27(26)11-14-30(35)43-18-16-31(38)37-28-12-13-29(42-6)32(33(28)39)34(36)40/h8,10,12-13,19-21,25-27,30,39H,7,9,11,14-18H2,1-6H3,(H2,36,40)(H,37,38)/t25?,26?,27?,30-,35-/m1/s1. The highest BCUT2D eigenvalue weighted by atomic mass is 31.2. The van der Waals surface area contributed by atoms with Crippen LogP contribution < -0.4 is 20.3 Å². The van der Waals surface area contributed by atoms with Gasteiger partial charge in [0.1, 0.15) is 17.1 Å². The Balaban J connectivity index is 1.19. The Hall–Kier alpha value is -3.11. The van der Waals surface area contributed by atoms with Gasteiger partial charge >= 0.3 is 7.82 Å². The molecule has 0 aromatic heterocycles. The van der Waals surface area contributed by atoms with Crippen LogP contribution in [0.3, 0.4) is 0 Å². The first-order valence-corrected chi connectivity index (χ1v) is 18.1. The van der Waals surface area contributed by atoms with E-state index in [4.69, 9.17) is 28.8 Å². The SMILES string of the molecule is COc1ccc(NC(=O)CCO[C@@H]2CCC3C4CCc5cc(OP(=O)(OC(C)C)OC(C)C)ccc5C4CC[C@]32C)c(O)c1C(N)=O. The van der Waals surface area contributed by atoms with Crippen LogP contribution in [0.1, 0.15) is 101 Å². The number of carbonyl (C=O) groups excluding carboxylic acids is 2. The molecular weight excluding hydrogens is 623 g/mol. The number of fused-ring (bicyclic) bond motifs is 5. The first-order valence-electron chi connectivity index (χ1n) is 16.6. The van der Waals surface area contributed by atoms with E-state index in [9.17, 15) is 19.3 Å². The van der Waals surface area contributed by atoms with E-state index in [1.165, 1.54) is 30.4 Å². The molecule has 3 unspecified atom stereocenters. The van der Waals surface area contributed by atoms with Gasteiger partial charge in [-0.15, -0.1) is 0 Å². The third-order valence-electron chi connectivity index (χ3n) is 10.0. The number of anilines is 1. The molecule has 2 aromatic carbocycles. The molecule has 2 amide bonds. The van der Waals surface area contributed by atoms with E-state index in [-0.39, 0.29) is 59.7 Å². The van der Waals surface area contributed by atoms with Crippen molar-refractivity contribution in [1.82, 2.24) is 0 Å². The van der Waals surface area contributed by atoms with Crippen molar-refractivity contribution in [2.45, 2.75) is 104 Å². The molecule has 12 heteroatoms. The van der Waals surface area contributed by atoms with Crippen LogP contribution in [-0.2, 0) is 29.6 Å². The van der Waals surface area contributed by atoms with Crippen molar-refractivity contribution < 1.29 is 42.3 Å². The maximum atomic E-state index is 13.3. The second-order valence-electron chi connectivity index (χ2n) is 13.8. The molecule has 0 spiro atoms. The molecule has 2 fully saturated rings. The number of carbonyl (C=O) groups is 2. The van der Waals surface area contributed by atoms with Gasteiger partial charge < -0.3 is 30.2 Å². The number of rotatable bonds is 13. The first-order chi connectivity index (χ1) is 22.2. The lowest BCUT2D eigenvalue weighted by atomic mass is 9.55. The third kappa shape index (κ3) is 7.48. The molecule has 0 saturated heterocycles. The summed E-state index contributed by atoms with van der Waals surface area (Å²) >= 11 is 0. The average Bonchev–Trinajstić information content (AvgIpc) is 3.32. The maximum absolute atomic E-state index is 13.3. The summed E-state index contributed by atoms with van der Waals surface area (Å²) in [4.78, 5) is 24.5. The fraction of sp³-hybridized carbons (Fsp3) is 0.600. The summed E-state index contributed by atoms with van der Waals surface area (Å²) in [6.45, 7) is 9.82. The number of phenols is 1. The lowest BCUT2D eigenvalue weighted by molar-refractivity contribution is -0.119. The quantitative estimate of drug-likeness (QED) is 0.149. The van der Waals surface area contributed by atoms with Crippen LogP contribution in [0.25, 0.3) is 0 Å². The number of hydrogen-bond donors (Lipinski definition) is 3. The summed E-state index contributed by atoms with van der Waals surface area (Å²) in [7, 11) is -2.40. The van der Waals surface area contributed by atoms with Gasteiger partial charge in [-0.05, 0) is 125 Å². The number of primary amides is 1. The van der Waals surface area contributed by atoms with Gasteiger partial charge in [0.05, 0.1) is 44.1 Å². The number of aromatic hydroxyl groups is 1. The van der Waals surface area contributed by atoms with E-state index >= 15 is 0 Å². The molecule has 5 atom stereocenters. The second-order valence-corrected chi connectivity index (χ2v) is 15.3. The number of hydrogen-bond acceptors (Lipinski definition) is 9. The molecule has 2 aromatic rings. The van der Waals surface area contributed by atoms with Gasteiger partial charge in [0.15, 0.2) is 5.75 Å². The number of aryl methyl sites for hydroxylation is 1. The highest BCUT2D eigenvalue weighted by Gasteiger charge is 2.55. The van der Waals surface area contributed by atoms with Crippen molar-refractivity contribution in [3.05, 3.63) is 47.0 Å². The monoisotopic (exact) mass is 672 g/mol. The smallest absolute Gasteiger partial charge is 0.505 e. The lowest BCUT2D eigenvalue weighted by Gasteiger charge is -2.50. The van der Waals surface area contributed by atoms with E-state index in [0.29, 0.717) is 23.5 Å². The first kappa shape index (κ1) is 35.2. The van der Waals surface area contributed by atoms with Gasteiger partial charge in [-0.1, -0.05) is 13.0 Å². The van der Waals surface area contributed by atoms with Gasteiger partial charge in [0.2, 0.25) is 5.91 Å². The van der Waals surface area contributed by atoms with Crippen molar-refractivity contribution in [2.75, 3.05) is 19.0 Å². The Morgan fingerprint density at radius 1 is 1.06 bits per heavy atom. The molecular formula is C35H49N2O9P. The summed E-state index contributed by atoms with van der Waals surface area (Å²) < 4.78 is 41.9. The molecule has 4 N–H and O–H groups in total. The number of amides is 2. The molecule has 47 heavy (non-hydrogen) atoms. The van der Waals surface area contributed by atoms with E-state index in [1.54, 1.807) is 27.7 Å². The number of nitrogens with one attached hydrogen (secondary N) is 1. The molecule has 5 rings (SSSR count). The van der Waals surface area contributed by atoms with Gasteiger partial charge in [-0.25, -0.2) is 4.57 Å².